The second-order valence-corrected chi connectivity index (χ2v) is 3.84. The molecule has 0 spiro atoms. The third-order valence-corrected chi connectivity index (χ3v) is 1.70. The van der Waals surface area contributed by atoms with Crippen LogP contribution in [0.2, 0.25) is 0 Å². The summed E-state index contributed by atoms with van der Waals surface area (Å²) in [4.78, 5) is 7.58. The summed E-state index contributed by atoms with van der Waals surface area (Å²) in [7, 11) is 3.20. The van der Waals surface area contributed by atoms with Crippen LogP contribution in [-0.4, -0.2) is 37.4 Å². The molecule has 0 aliphatic rings. The Labute approximate surface area is 98.4 Å². The van der Waals surface area contributed by atoms with Crippen molar-refractivity contribution in [2.24, 2.45) is 9.98 Å². The summed E-state index contributed by atoms with van der Waals surface area (Å²) in [5.41, 5.74) is -0.913. The Morgan fingerprint density at radius 3 is 1.12 bits per heavy atom. The monoisotopic (exact) mass is 226 g/mol. The van der Waals surface area contributed by atoms with Gasteiger partial charge in [-0.2, -0.15) is 0 Å². The first-order valence-corrected chi connectivity index (χ1v) is 4.83. The summed E-state index contributed by atoms with van der Waals surface area (Å²) >= 11 is 0. The standard InChI is InChI=1S/2C6H11NO/c2*1-5-7-6(2,3)8-4/h2*1H2,2-4H3. The molecule has 4 heteroatoms. The Balaban J connectivity index is 0. The van der Waals surface area contributed by atoms with E-state index in [0.29, 0.717) is 0 Å². The van der Waals surface area contributed by atoms with E-state index in [1.165, 1.54) is 0 Å². The van der Waals surface area contributed by atoms with Gasteiger partial charge in [-0.1, -0.05) is 0 Å². The molecule has 0 fully saturated rings. The molecule has 0 rings (SSSR count). The number of ether oxygens (including phenoxy) is 2. The number of rotatable bonds is 4. The lowest BCUT2D eigenvalue weighted by Crippen LogP contribution is -2.18. The SMILES string of the molecule is C=C=NC(C)(C)OC.C=C=NC(C)(C)OC. The highest BCUT2D eigenvalue weighted by Gasteiger charge is 2.11. The van der Waals surface area contributed by atoms with Crippen molar-refractivity contribution in [1.29, 1.82) is 0 Å². The van der Waals surface area contributed by atoms with Gasteiger partial charge in [0.2, 0.25) is 0 Å². The van der Waals surface area contributed by atoms with Crippen molar-refractivity contribution < 1.29 is 9.47 Å². The summed E-state index contributed by atoms with van der Waals surface area (Å²) in [6.07, 6.45) is 0. The zero-order valence-electron chi connectivity index (χ0n) is 11.1. The Bertz CT molecular complexity index is 253. The first-order chi connectivity index (χ1) is 7.24. The van der Waals surface area contributed by atoms with Gasteiger partial charge in [0.05, 0.1) is 0 Å². The molecule has 0 aromatic heterocycles. The topological polar surface area (TPSA) is 43.2 Å². The van der Waals surface area contributed by atoms with Crippen LogP contribution in [0, 0.1) is 0 Å². The Morgan fingerprint density at radius 2 is 1.06 bits per heavy atom. The average Bonchev–Trinajstić information content (AvgIpc) is 2.19. The highest BCUT2D eigenvalue weighted by Crippen LogP contribution is 2.06. The third-order valence-electron chi connectivity index (χ3n) is 1.70. The minimum Gasteiger partial charge on any atom is -0.357 e. The van der Waals surface area contributed by atoms with Gasteiger partial charge in [-0.15, -0.1) is 0 Å². The number of nitrogens with zero attached hydrogens (tertiary/aromatic N) is 2. The minimum absolute atomic E-state index is 0.457. The maximum Gasteiger partial charge on any atom is 0.161 e. The van der Waals surface area contributed by atoms with Gasteiger partial charge in [-0.25, -0.2) is 9.98 Å². The lowest BCUT2D eigenvalue weighted by atomic mass is 10.3. The molecule has 92 valence electrons. The number of hydrogen-bond acceptors (Lipinski definition) is 4. The molecule has 0 atom stereocenters. The first kappa shape index (κ1) is 17.2. The van der Waals surface area contributed by atoms with Gasteiger partial charge in [0.1, 0.15) is 0 Å². The molecule has 0 amide bonds. The lowest BCUT2D eigenvalue weighted by Gasteiger charge is -2.14. The second-order valence-electron chi connectivity index (χ2n) is 3.84. The van der Waals surface area contributed by atoms with Crippen molar-refractivity contribution in [3.63, 3.8) is 0 Å². The van der Waals surface area contributed by atoms with Crippen LogP contribution in [0.25, 0.3) is 0 Å². The maximum absolute atomic E-state index is 4.91. The van der Waals surface area contributed by atoms with Gasteiger partial charge in [0, 0.05) is 14.2 Å². The Hall–Kier alpha value is -1.18. The van der Waals surface area contributed by atoms with Gasteiger partial charge in [0.25, 0.3) is 0 Å². The van der Waals surface area contributed by atoms with E-state index in [-0.39, 0.29) is 0 Å². The van der Waals surface area contributed by atoms with Crippen LogP contribution in [-0.2, 0) is 9.47 Å². The van der Waals surface area contributed by atoms with Crippen molar-refractivity contribution in [3.05, 3.63) is 13.2 Å². The van der Waals surface area contributed by atoms with Gasteiger partial charge < -0.3 is 9.47 Å². The van der Waals surface area contributed by atoms with E-state index < -0.39 is 11.4 Å². The molecule has 16 heavy (non-hydrogen) atoms. The van der Waals surface area contributed by atoms with Gasteiger partial charge in [-0.05, 0) is 52.6 Å². The van der Waals surface area contributed by atoms with E-state index in [2.05, 4.69) is 34.9 Å². The van der Waals surface area contributed by atoms with E-state index in [1.807, 2.05) is 27.7 Å². The van der Waals surface area contributed by atoms with Crippen LogP contribution in [0.4, 0.5) is 0 Å². The quantitative estimate of drug-likeness (QED) is 0.691. The van der Waals surface area contributed by atoms with Gasteiger partial charge in [-0.3, -0.25) is 0 Å². The number of hydrogen-bond donors (Lipinski definition) is 0. The largest absolute Gasteiger partial charge is 0.357 e. The van der Waals surface area contributed by atoms with Crippen LogP contribution < -0.4 is 0 Å². The maximum atomic E-state index is 4.91. The fourth-order valence-corrected chi connectivity index (χ4v) is 0.472. The molecule has 0 aliphatic carbocycles. The average molecular weight is 226 g/mol. The fraction of sp³-hybridized carbons (Fsp3) is 0.667. The van der Waals surface area contributed by atoms with E-state index in [1.54, 1.807) is 14.2 Å². The van der Waals surface area contributed by atoms with E-state index in [4.69, 9.17) is 9.47 Å². The number of methoxy groups -OCH3 is 2. The zero-order chi connectivity index (χ0) is 13.2. The van der Waals surface area contributed by atoms with Crippen LogP contribution in [0.5, 0.6) is 0 Å². The minimum atomic E-state index is -0.457. The molecular weight excluding hydrogens is 204 g/mol. The Kier molecular flexibility index (Phi) is 8.64. The second kappa shape index (κ2) is 8.03. The predicted molar refractivity (Wildman–Crippen MR) is 68.3 cm³/mol. The van der Waals surface area contributed by atoms with Crippen LogP contribution >= 0.6 is 0 Å². The van der Waals surface area contributed by atoms with E-state index >= 15 is 0 Å². The summed E-state index contributed by atoms with van der Waals surface area (Å²) in [6, 6.07) is 0. The summed E-state index contributed by atoms with van der Waals surface area (Å²) < 4.78 is 9.82. The molecule has 0 aromatic carbocycles. The fourth-order valence-electron chi connectivity index (χ4n) is 0.472. The highest BCUT2D eigenvalue weighted by molar-refractivity contribution is 5.47. The van der Waals surface area contributed by atoms with Gasteiger partial charge in [0.15, 0.2) is 11.4 Å². The highest BCUT2D eigenvalue weighted by atomic mass is 16.5. The summed E-state index contributed by atoms with van der Waals surface area (Å²) in [5, 5.41) is 0. The molecule has 0 bridgehead atoms. The molecule has 0 unspecified atom stereocenters. The molecule has 0 radical (unpaired) electrons. The van der Waals surface area contributed by atoms with Crippen LogP contribution in [0.15, 0.2) is 23.1 Å². The molecule has 0 aromatic rings. The van der Waals surface area contributed by atoms with Crippen molar-refractivity contribution in [2.45, 2.75) is 39.1 Å². The first-order valence-electron chi connectivity index (χ1n) is 4.83. The molecule has 4 nitrogen and oxygen atoms in total. The van der Waals surface area contributed by atoms with Crippen molar-refractivity contribution in [2.75, 3.05) is 14.2 Å². The van der Waals surface area contributed by atoms with Gasteiger partial charge >= 0.3 is 0 Å². The number of aliphatic imine (C=N–C) groups is 2. The van der Waals surface area contributed by atoms with E-state index in [0.717, 1.165) is 0 Å². The third kappa shape index (κ3) is 10.9. The predicted octanol–water partition coefficient (Wildman–Crippen LogP) is 2.45. The molecule has 0 aliphatic heterocycles. The van der Waals surface area contributed by atoms with Crippen molar-refractivity contribution in [3.8, 4) is 0 Å². The van der Waals surface area contributed by atoms with Crippen molar-refractivity contribution >= 4 is 11.7 Å². The smallest absolute Gasteiger partial charge is 0.161 e. The van der Waals surface area contributed by atoms with Crippen LogP contribution in [0.3, 0.4) is 0 Å². The molecule has 0 N–H and O–H groups in total. The molecular formula is C12H22N2O2. The zero-order valence-corrected chi connectivity index (χ0v) is 11.1. The Morgan fingerprint density at radius 1 is 0.812 bits per heavy atom. The summed E-state index contributed by atoms with van der Waals surface area (Å²) in [6.45, 7) is 14.0. The summed E-state index contributed by atoms with van der Waals surface area (Å²) in [5.74, 6) is 4.82. The lowest BCUT2D eigenvalue weighted by molar-refractivity contribution is 0.0314. The molecule has 0 saturated heterocycles. The van der Waals surface area contributed by atoms with Crippen molar-refractivity contribution in [1.82, 2.24) is 0 Å². The molecule has 0 saturated carbocycles. The van der Waals surface area contributed by atoms with Crippen LogP contribution in [0.1, 0.15) is 27.7 Å². The normalized spacial score (nSPS) is 10.4. The molecule has 0 heterocycles. The van der Waals surface area contributed by atoms with E-state index in [9.17, 15) is 0 Å².